The van der Waals surface area contributed by atoms with Crippen molar-refractivity contribution in [3.8, 4) is 5.75 Å². The molecule has 3 aromatic rings. The monoisotopic (exact) mass is 292 g/mol. The maximum atomic E-state index is 12.5. The summed E-state index contributed by atoms with van der Waals surface area (Å²) in [6.07, 6.45) is 1.71. The van der Waals surface area contributed by atoms with Gasteiger partial charge in [-0.15, -0.1) is 0 Å². The second kappa shape index (κ2) is 5.85. The Labute approximate surface area is 128 Å². The largest absolute Gasteiger partial charge is 0.494 e. The van der Waals surface area contributed by atoms with Crippen LogP contribution in [0.2, 0.25) is 0 Å². The minimum Gasteiger partial charge on any atom is -0.494 e. The Hall–Kier alpha value is -2.88. The second-order valence-electron chi connectivity index (χ2n) is 4.98. The number of aryl methyl sites for hydroxylation is 1. The van der Waals surface area contributed by atoms with Crippen LogP contribution in [0.5, 0.6) is 5.75 Å². The van der Waals surface area contributed by atoms with Gasteiger partial charge in [0.25, 0.3) is 5.91 Å². The standard InChI is InChI=1S/C18H16N2O2/c1-12-6-3-4-7-13(12)18(21)20-15-9-10-16(22-2)17-14(15)8-5-11-19-17/h3-11H,1-2H3,(H,20,21). The van der Waals surface area contributed by atoms with Crippen molar-refractivity contribution in [2.24, 2.45) is 0 Å². The molecular weight excluding hydrogens is 276 g/mol. The Morgan fingerprint density at radius 3 is 2.68 bits per heavy atom. The molecule has 0 saturated carbocycles. The minimum atomic E-state index is -0.131. The van der Waals surface area contributed by atoms with Gasteiger partial charge in [0.05, 0.1) is 12.8 Å². The molecule has 0 aliphatic carbocycles. The number of carbonyl (C=O) groups excluding carboxylic acids is 1. The highest BCUT2D eigenvalue weighted by molar-refractivity contribution is 6.10. The van der Waals surface area contributed by atoms with Gasteiger partial charge in [-0.2, -0.15) is 0 Å². The van der Waals surface area contributed by atoms with Gasteiger partial charge in [0.15, 0.2) is 0 Å². The average Bonchev–Trinajstić information content (AvgIpc) is 2.55. The van der Waals surface area contributed by atoms with E-state index in [2.05, 4.69) is 10.3 Å². The van der Waals surface area contributed by atoms with Crippen LogP contribution in [0.1, 0.15) is 15.9 Å². The van der Waals surface area contributed by atoms with Gasteiger partial charge in [-0.05, 0) is 42.8 Å². The summed E-state index contributed by atoms with van der Waals surface area (Å²) in [6.45, 7) is 1.92. The molecule has 1 N–H and O–H groups in total. The molecule has 110 valence electrons. The molecule has 0 fully saturated rings. The molecule has 0 bridgehead atoms. The Morgan fingerprint density at radius 1 is 1.09 bits per heavy atom. The predicted octanol–water partition coefficient (Wildman–Crippen LogP) is 3.80. The number of hydrogen-bond acceptors (Lipinski definition) is 3. The van der Waals surface area contributed by atoms with E-state index >= 15 is 0 Å². The molecule has 3 rings (SSSR count). The normalized spacial score (nSPS) is 10.5. The van der Waals surface area contributed by atoms with Gasteiger partial charge in [-0.25, -0.2) is 0 Å². The van der Waals surface area contributed by atoms with E-state index in [4.69, 9.17) is 4.74 Å². The number of hydrogen-bond donors (Lipinski definition) is 1. The van der Waals surface area contributed by atoms with Crippen molar-refractivity contribution < 1.29 is 9.53 Å². The average molecular weight is 292 g/mol. The van der Waals surface area contributed by atoms with Gasteiger partial charge in [0, 0.05) is 17.1 Å². The first-order valence-corrected chi connectivity index (χ1v) is 6.99. The molecule has 0 atom stereocenters. The van der Waals surface area contributed by atoms with Crippen LogP contribution in [0.4, 0.5) is 5.69 Å². The molecule has 2 aromatic carbocycles. The van der Waals surface area contributed by atoms with Crippen molar-refractivity contribution in [3.63, 3.8) is 0 Å². The zero-order chi connectivity index (χ0) is 15.5. The molecule has 1 amide bonds. The van der Waals surface area contributed by atoms with Gasteiger partial charge in [-0.3, -0.25) is 9.78 Å². The molecule has 22 heavy (non-hydrogen) atoms. The SMILES string of the molecule is COc1ccc(NC(=O)c2ccccc2C)c2cccnc12. The number of amides is 1. The summed E-state index contributed by atoms with van der Waals surface area (Å²) >= 11 is 0. The lowest BCUT2D eigenvalue weighted by Crippen LogP contribution is -2.13. The third kappa shape index (κ3) is 2.51. The van der Waals surface area contributed by atoms with Crippen molar-refractivity contribution in [1.29, 1.82) is 0 Å². The molecule has 0 spiro atoms. The molecule has 0 aliphatic heterocycles. The molecule has 4 heteroatoms. The van der Waals surface area contributed by atoms with E-state index in [1.807, 2.05) is 55.5 Å². The van der Waals surface area contributed by atoms with Gasteiger partial charge in [-0.1, -0.05) is 18.2 Å². The number of aromatic nitrogens is 1. The van der Waals surface area contributed by atoms with E-state index < -0.39 is 0 Å². The van der Waals surface area contributed by atoms with Crippen molar-refractivity contribution in [1.82, 2.24) is 4.98 Å². The summed E-state index contributed by atoms with van der Waals surface area (Å²) < 4.78 is 5.32. The first kappa shape index (κ1) is 14.1. The third-order valence-electron chi connectivity index (χ3n) is 3.59. The van der Waals surface area contributed by atoms with E-state index in [9.17, 15) is 4.79 Å². The fraction of sp³-hybridized carbons (Fsp3) is 0.111. The van der Waals surface area contributed by atoms with Gasteiger partial charge < -0.3 is 10.1 Å². The Bertz CT molecular complexity index is 843. The molecule has 0 saturated heterocycles. The van der Waals surface area contributed by atoms with Crippen LogP contribution < -0.4 is 10.1 Å². The highest BCUT2D eigenvalue weighted by Gasteiger charge is 2.12. The van der Waals surface area contributed by atoms with Crippen molar-refractivity contribution in [2.75, 3.05) is 12.4 Å². The number of anilines is 1. The molecule has 4 nitrogen and oxygen atoms in total. The number of nitrogens with one attached hydrogen (secondary N) is 1. The molecule has 0 radical (unpaired) electrons. The number of methoxy groups -OCH3 is 1. The van der Waals surface area contributed by atoms with Crippen LogP contribution in [-0.4, -0.2) is 18.0 Å². The molecule has 0 aliphatic rings. The highest BCUT2D eigenvalue weighted by atomic mass is 16.5. The van der Waals surface area contributed by atoms with Crippen LogP contribution in [0.3, 0.4) is 0 Å². The topological polar surface area (TPSA) is 51.2 Å². The van der Waals surface area contributed by atoms with Crippen LogP contribution in [-0.2, 0) is 0 Å². The van der Waals surface area contributed by atoms with Crippen molar-refractivity contribution in [2.45, 2.75) is 6.92 Å². The lowest BCUT2D eigenvalue weighted by molar-refractivity contribution is 0.102. The van der Waals surface area contributed by atoms with Crippen LogP contribution in [0.25, 0.3) is 10.9 Å². The van der Waals surface area contributed by atoms with Crippen LogP contribution in [0.15, 0.2) is 54.7 Å². The number of carbonyl (C=O) groups is 1. The number of nitrogens with zero attached hydrogens (tertiary/aromatic N) is 1. The maximum Gasteiger partial charge on any atom is 0.255 e. The Kier molecular flexibility index (Phi) is 3.74. The van der Waals surface area contributed by atoms with E-state index in [1.165, 1.54) is 0 Å². The first-order chi connectivity index (χ1) is 10.7. The minimum absolute atomic E-state index is 0.131. The summed E-state index contributed by atoms with van der Waals surface area (Å²) in [7, 11) is 1.61. The number of benzene rings is 2. The number of ether oxygens (including phenoxy) is 1. The number of pyridine rings is 1. The quantitative estimate of drug-likeness (QED) is 0.798. The summed E-state index contributed by atoms with van der Waals surface area (Å²) in [5.41, 5.74) is 3.05. The predicted molar refractivity (Wildman–Crippen MR) is 87.4 cm³/mol. The first-order valence-electron chi connectivity index (χ1n) is 6.99. The lowest BCUT2D eigenvalue weighted by Gasteiger charge is -2.12. The molecule has 1 aromatic heterocycles. The molecule has 0 unspecified atom stereocenters. The van der Waals surface area contributed by atoms with E-state index in [-0.39, 0.29) is 5.91 Å². The molecular formula is C18H16N2O2. The second-order valence-corrected chi connectivity index (χ2v) is 4.98. The number of rotatable bonds is 3. The Morgan fingerprint density at radius 2 is 1.91 bits per heavy atom. The summed E-state index contributed by atoms with van der Waals surface area (Å²) in [5, 5.41) is 3.81. The Balaban J connectivity index is 2.01. The maximum absolute atomic E-state index is 12.5. The van der Waals surface area contributed by atoms with Crippen molar-refractivity contribution in [3.05, 3.63) is 65.9 Å². The van der Waals surface area contributed by atoms with Gasteiger partial charge >= 0.3 is 0 Å². The lowest BCUT2D eigenvalue weighted by atomic mass is 10.1. The zero-order valence-electron chi connectivity index (χ0n) is 12.5. The van der Waals surface area contributed by atoms with Gasteiger partial charge in [0.2, 0.25) is 0 Å². The summed E-state index contributed by atoms with van der Waals surface area (Å²) in [5.74, 6) is 0.554. The van der Waals surface area contributed by atoms with Crippen molar-refractivity contribution >= 4 is 22.5 Å². The van der Waals surface area contributed by atoms with E-state index in [1.54, 1.807) is 13.3 Å². The van der Waals surface area contributed by atoms with E-state index in [0.717, 1.165) is 22.2 Å². The van der Waals surface area contributed by atoms with E-state index in [0.29, 0.717) is 11.3 Å². The highest BCUT2D eigenvalue weighted by Crippen LogP contribution is 2.30. The fourth-order valence-electron chi connectivity index (χ4n) is 2.44. The molecule has 1 heterocycles. The number of fused-ring (bicyclic) bond motifs is 1. The smallest absolute Gasteiger partial charge is 0.255 e. The third-order valence-corrected chi connectivity index (χ3v) is 3.59. The van der Waals surface area contributed by atoms with Crippen LogP contribution >= 0.6 is 0 Å². The van der Waals surface area contributed by atoms with Crippen LogP contribution in [0, 0.1) is 6.92 Å². The summed E-state index contributed by atoms with van der Waals surface area (Å²) in [4.78, 5) is 16.8. The zero-order valence-corrected chi connectivity index (χ0v) is 12.5. The summed E-state index contributed by atoms with van der Waals surface area (Å²) in [6, 6.07) is 14.9. The van der Waals surface area contributed by atoms with Gasteiger partial charge in [0.1, 0.15) is 11.3 Å². The fourth-order valence-corrected chi connectivity index (χ4v) is 2.44.